The zero-order valence-electron chi connectivity index (χ0n) is 24.1. The summed E-state index contributed by atoms with van der Waals surface area (Å²) in [5, 5.41) is 5.15. The first kappa shape index (κ1) is 28.5. The maximum absolute atomic E-state index is 2.43. The Hall–Kier alpha value is -4.26. The minimum Gasteiger partial charge on any atom is -1.00 e. The lowest BCUT2D eigenvalue weighted by molar-refractivity contribution is -0.664. The molecule has 2 aromatic heterocycles. The molecule has 0 saturated carbocycles. The lowest BCUT2D eigenvalue weighted by Crippen LogP contribution is -3.00. The molecule has 0 atom stereocenters. The van der Waals surface area contributed by atoms with Gasteiger partial charge in [-0.1, -0.05) is 72.8 Å². The van der Waals surface area contributed by atoms with E-state index < -0.39 is 0 Å². The number of rotatable bonds is 0. The topological polar surface area (TPSA) is 17.6 Å². The van der Waals surface area contributed by atoms with Crippen LogP contribution in [0, 0.1) is 0 Å². The highest BCUT2D eigenvalue weighted by atomic mass is 79.9. The van der Waals surface area contributed by atoms with E-state index in [4.69, 9.17) is 0 Å². The number of fused-ring (bicyclic) bond motifs is 14. The van der Waals surface area contributed by atoms with Gasteiger partial charge in [-0.3, -0.25) is 0 Å². The molecule has 0 amide bonds. The van der Waals surface area contributed by atoms with E-state index in [1.807, 2.05) is 0 Å². The normalized spacial score (nSPS) is 12.7. The number of nitrogens with zero attached hydrogens (tertiary/aromatic N) is 4. The molecule has 4 bridgehead atoms. The quantitative estimate of drug-likeness (QED) is 0.210. The monoisotopic (exact) mass is 700 g/mol. The van der Waals surface area contributed by atoms with E-state index in [9.17, 15) is 0 Å². The lowest BCUT2D eigenvalue weighted by Gasteiger charge is -2.11. The number of halogens is 2. The number of para-hydroxylation sites is 4. The third-order valence-electron chi connectivity index (χ3n) is 9.06. The first-order valence-corrected chi connectivity index (χ1v) is 14.7. The van der Waals surface area contributed by atoms with Gasteiger partial charge in [-0.25, -0.2) is 18.3 Å². The molecular weight excluding hydrogens is 672 g/mol. The fraction of sp³-hybridized carbons (Fsp3) is 0.105. The Labute approximate surface area is 277 Å². The Bertz CT molecular complexity index is 2010. The first-order valence-electron chi connectivity index (χ1n) is 14.7. The Kier molecular flexibility index (Phi) is 7.35. The molecule has 0 spiro atoms. The van der Waals surface area contributed by atoms with Crippen LogP contribution >= 0.6 is 0 Å². The van der Waals surface area contributed by atoms with E-state index in [0.717, 1.165) is 26.2 Å². The van der Waals surface area contributed by atoms with Crippen LogP contribution < -0.4 is 43.1 Å². The van der Waals surface area contributed by atoms with Crippen molar-refractivity contribution in [3.05, 3.63) is 156 Å². The predicted molar refractivity (Wildman–Crippen MR) is 169 cm³/mol. The Balaban J connectivity index is 0.00000156. The second kappa shape index (κ2) is 11.3. The van der Waals surface area contributed by atoms with Crippen LogP contribution in [0.4, 0.5) is 0 Å². The highest BCUT2D eigenvalue weighted by molar-refractivity contribution is 5.85. The van der Waals surface area contributed by atoms with E-state index in [2.05, 4.69) is 152 Å². The summed E-state index contributed by atoms with van der Waals surface area (Å²) in [7, 11) is 0. The van der Waals surface area contributed by atoms with Crippen LogP contribution in [0.15, 0.2) is 134 Å². The molecule has 1 aliphatic rings. The molecule has 0 radical (unpaired) electrons. The van der Waals surface area contributed by atoms with Crippen molar-refractivity contribution in [3.63, 3.8) is 0 Å². The van der Waals surface area contributed by atoms with Gasteiger partial charge in [0.2, 0.25) is 12.7 Å². The second-order valence-corrected chi connectivity index (χ2v) is 11.7. The molecule has 9 rings (SSSR count). The first-order chi connectivity index (χ1) is 20.8. The molecule has 0 aliphatic carbocycles. The van der Waals surface area contributed by atoms with Gasteiger partial charge in [0.05, 0.1) is 0 Å². The van der Waals surface area contributed by atoms with Gasteiger partial charge in [-0.05, 0) is 70.1 Å². The number of imidazole rings is 2. The van der Waals surface area contributed by atoms with Crippen LogP contribution in [0.25, 0.3) is 43.6 Å². The molecular formula is C38H30Br2N4. The van der Waals surface area contributed by atoms with Crippen molar-refractivity contribution in [3.8, 4) is 0 Å². The SMILES string of the molecule is [Br-].[Br-].c1ccc2cc3c(cc2c1)Cn1c[n+](c2ccccc21)Cc1cc2ccccc2cc1Cn1c[n+](c2ccccc21)C3. The third kappa shape index (κ3) is 4.73. The van der Waals surface area contributed by atoms with Gasteiger partial charge in [-0.15, -0.1) is 0 Å². The maximum Gasteiger partial charge on any atom is 0.245 e. The summed E-state index contributed by atoms with van der Waals surface area (Å²) in [4.78, 5) is 0. The van der Waals surface area contributed by atoms with Gasteiger partial charge in [0.15, 0.2) is 22.1 Å². The Morgan fingerprint density at radius 3 is 1.16 bits per heavy atom. The molecule has 44 heavy (non-hydrogen) atoms. The van der Waals surface area contributed by atoms with Crippen LogP contribution in [0.1, 0.15) is 22.3 Å². The minimum atomic E-state index is 0. The average molecular weight is 702 g/mol. The Morgan fingerprint density at radius 2 is 0.750 bits per heavy atom. The summed E-state index contributed by atoms with van der Waals surface area (Å²) >= 11 is 0. The van der Waals surface area contributed by atoms with Crippen LogP contribution in [0.3, 0.4) is 0 Å². The molecule has 6 heteroatoms. The zero-order chi connectivity index (χ0) is 27.6. The van der Waals surface area contributed by atoms with E-state index >= 15 is 0 Å². The highest BCUT2D eigenvalue weighted by Crippen LogP contribution is 2.26. The van der Waals surface area contributed by atoms with Crippen LogP contribution in [0.5, 0.6) is 0 Å². The van der Waals surface area contributed by atoms with Crippen molar-refractivity contribution in [2.24, 2.45) is 0 Å². The summed E-state index contributed by atoms with van der Waals surface area (Å²) in [6.45, 7) is 3.27. The molecule has 8 aromatic rings. The number of benzene rings is 6. The van der Waals surface area contributed by atoms with Crippen LogP contribution in [0.2, 0.25) is 0 Å². The van der Waals surface area contributed by atoms with Crippen molar-refractivity contribution in [2.75, 3.05) is 0 Å². The summed E-state index contributed by atoms with van der Waals surface area (Å²) < 4.78 is 9.74. The molecule has 0 saturated heterocycles. The smallest absolute Gasteiger partial charge is 0.245 e. The maximum atomic E-state index is 2.43. The highest BCUT2D eigenvalue weighted by Gasteiger charge is 2.23. The average Bonchev–Trinajstić information content (AvgIpc) is 3.54. The fourth-order valence-electron chi connectivity index (χ4n) is 6.98. The van der Waals surface area contributed by atoms with Gasteiger partial charge in [0, 0.05) is 22.3 Å². The summed E-state index contributed by atoms with van der Waals surface area (Å²) in [5.74, 6) is 0. The largest absolute Gasteiger partial charge is 1.00 e. The van der Waals surface area contributed by atoms with Crippen molar-refractivity contribution in [1.29, 1.82) is 0 Å². The molecule has 0 N–H and O–H groups in total. The lowest BCUT2D eigenvalue weighted by atomic mass is 10.0. The van der Waals surface area contributed by atoms with Crippen LogP contribution in [-0.4, -0.2) is 9.13 Å². The van der Waals surface area contributed by atoms with Gasteiger partial charge in [0.1, 0.15) is 26.2 Å². The van der Waals surface area contributed by atoms with E-state index in [-0.39, 0.29) is 34.0 Å². The number of aromatic nitrogens is 4. The Morgan fingerprint density at radius 1 is 0.409 bits per heavy atom. The predicted octanol–water partition coefficient (Wildman–Crippen LogP) is 0.992. The van der Waals surface area contributed by atoms with E-state index in [1.54, 1.807) is 0 Å². The standard InChI is InChI=1S/C38H30N4.2BrH/c1-2-10-28-18-32-22-40-26-42(38-16-8-7-15-37(38)40)24-34-20-30-12-4-3-11-29(30)19-33(34)23-41-25-39(21-31(32)17-27(28)9-1)35-13-5-6-14-36(35)41;;/h1-20,25-26H,21-24H2;2*1H/q+2;;/p-2. The summed E-state index contributed by atoms with van der Waals surface area (Å²) in [6, 6.07) is 44.7. The summed E-state index contributed by atoms with van der Waals surface area (Å²) in [5.41, 5.74) is 10.5. The van der Waals surface area contributed by atoms with Gasteiger partial charge >= 0.3 is 0 Å². The summed E-state index contributed by atoms with van der Waals surface area (Å²) in [6.07, 6.45) is 4.65. The molecule has 6 aromatic carbocycles. The number of hydrogen-bond acceptors (Lipinski definition) is 0. The minimum absolute atomic E-state index is 0. The third-order valence-corrected chi connectivity index (χ3v) is 9.06. The van der Waals surface area contributed by atoms with E-state index in [0.29, 0.717) is 0 Å². The second-order valence-electron chi connectivity index (χ2n) is 11.7. The molecule has 3 heterocycles. The molecule has 1 aliphatic heterocycles. The number of hydrogen-bond donors (Lipinski definition) is 0. The fourth-order valence-corrected chi connectivity index (χ4v) is 6.98. The van der Waals surface area contributed by atoms with Gasteiger partial charge < -0.3 is 34.0 Å². The van der Waals surface area contributed by atoms with Gasteiger partial charge in [-0.2, -0.15) is 0 Å². The molecule has 0 fully saturated rings. The van der Waals surface area contributed by atoms with Gasteiger partial charge in [0.25, 0.3) is 0 Å². The molecule has 216 valence electrons. The molecule has 4 nitrogen and oxygen atoms in total. The van der Waals surface area contributed by atoms with Crippen molar-refractivity contribution in [1.82, 2.24) is 9.13 Å². The zero-order valence-corrected chi connectivity index (χ0v) is 27.2. The van der Waals surface area contributed by atoms with Crippen molar-refractivity contribution in [2.45, 2.75) is 26.2 Å². The van der Waals surface area contributed by atoms with Crippen molar-refractivity contribution >= 4 is 43.6 Å². The molecule has 0 unspecified atom stereocenters. The van der Waals surface area contributed by atoms with Crippen molar-refractivity contribution < 1.29 is 43.1 Å². The van der Waals surface area contributed by atoms with E-state index in [1.165, 1.54) is 65.9 Å². The van der Waals surface area contributed by atoms with Crippen LogP contribution in [-0.2, 0) is 26.2 Å².